The molecule has 0 saturated carbocycles. The topological polar surface area (TPSA) is 134 Å². The van der Waals surface area contributed by atoms with E-state index in [0.29, 0.717) is 48.0 Å². The number of nitrogens with one attached hydrogen (secondary N) is 2. The van der Waals surface area contributed by atoms with E-state index in [4.69, 9.17) is 14.2 Å². The second-order valence-electron chi connectivity index (χ2n) is 6.99. The molecule has 0 aliphatic heterocycles. The van der Waals surface area contributed by atoms with Gasteiger partial charge in [0.15, 0.2) is 11.5 Å². The van der Waals surface area contributed by atoms with Crippen LogP contribution in [0.1, 0.15) is 37.6 Å². The van der Waals surface area contributed by atoms with Crippen LogP contribution in [0.4, 0.5) is 0 Å². The van der Waals surface area contributed by atoms with Crippen LogP contribution in [0, 0.1) is 0 Å². The lowest BCUT2D eigenvalue weighted by Crippen LogP contribution is -2.42. The Bertz CT molecular complexity index is 1200. The average Bonchev–Trinajstić information content (AvgIpc) is 2.84. The number of hydrazine groups is 1. The molecule has 11 heteroatoms. The molecule has 11 nitrogen and oxygen atoms in total. The molecule has 1 aromatic heterocycles. The first-order chi connectivity index (χ1) is 16.5. The van der Waals surface area contributed by atoms with Gasteiger partial charge in [-0.3, -0.25) is 25.2 Å². The lowest BCUT2D eigenvalue weighted by molar-refractivity contribution is -0.122. The molecule has 0 radical (unpaired) electrons. The number of aryl methyl sites for hydroxylation is 1. The first kappa shape index (κ1) is 24.5. The largest absolute Gasteiger partial charge is 0.490 e. The predicted octanol–water partition coefficient (Wildman–Crippen LogP) is 1.84. The minimum Gasteiger partial charge on any atom is -0.490 e. The molecule has 3 aromatic rings. The quantitative estimate of drug-likeness (QED) is 0.430. The first-order valence-corrected chi connectivity index (χ1v) is 11.0. The van der Waals surface area contributed by atoms with Crippen molar-refractivity contribution in [1.29, 1.82) is 0 Å². The fourth-order valence-corrected chi connectivity index (χ4v) is 3.16. The van der Waals surface area contributed by atoms with Crippen molar-refractivity contribution < 1.29 is 23.8 Å². The number of hydrogen-bond acceptors (Lipinski definition) is 8. The van der Waals surface area contributed by atoms with E-state index in [-0.39, 0.29) is 24.1 Å². The second kappa shape index (κ2) is 11.6. The maximum absolute atomic E-state index is 12.7. The molecular weight excluding hydrogens is 442 g/mol. The third-order valence-electron chi connectivity index (χ3n) is 4.67. The molecule has 3 rings (SSSR count). The van der Waals surface area contributed by atoms with Crippen molar-refractivity contribution in [3.63, 3.8) is 0 Å². The Morgan fingerprint density at radius 2 is 1.59 bits per heavy atom. The van der Waals surface area contributed by atoms with E-state index in [1.54, 1.807) is 24.3 Å². The molecule has 2 N–H and O–H groups in total. The highest BCUT2D eigenvalue weighted by atomic mass is 16.5. The third kappa shape index (κ3) is 5.80. The molecule has 2 amide bonds. The highest BCUT2D eigenvalue weighted by Gasteiger charge is 2.19. The van der Waals surface area contributed by atoms with E-state index in [1.807, 2.05) is 20.8 Å². The number of carbonyl (C=O) groups is 2. The molecule has 34 heavy (non-hydrogen) atoms. The number of benzene rings is 2. The van der Waals surface area contributed by atoms with E-state index in [0.717, 1.165) is 4.68 Å². The zero-order valence-corrected chi connectivity index (χ0v) is 19.3. The molecular formula is C23H27N5O6. The molecule has 0 aliphatic rings. The van der Waals surface area contributed by atoms with Gasteiger partial charge in [0.2, 0.25) is 11.7 Å². The predicted molar refractivity (Wildman–Crippen MR) is 124 cm³/mol. The normalized spacial score (nSPS) is 10.6. The SMILES string of the molecule is CCOc1cc(C(=O)NNC(=O)CCn2nnc3ccccc3c2=O)cc(OCC)c1OCC. The zero-order chi connectivity index (χ0) is 24.5. The van der Waals surface area contributed by atoms with E-state index in [1.165, 1.54) is 12.1 Å². The van der Waals surface area contributed by atoms with Crippen molar-refractivity contribution in [2.45, 2.75) is 33.7 Å². The van der Waals surface area contributed by atoms with Gasteiger partial charge in [-0.2, -0.15) is 0 Å². The molecule has 1 heterocycles. The molecule has 0 bridgehead atoms. The highest BCUT2D eigenvalue weighted by molar-refractivity contribution is 5.96. The van der Waals surface area contributed by atoms with Gasteiger partial charge < -0.3 is 14.2 Å². The Hall–Kier alpha value is -4.15. The maximum atomic E-state index is 12.7. The smallest absolute Gasteiger partial charge is 0.277 e. The fourth-order valence-electron chi connectivity index (χ4n) is 3.16. The van der Waals surface area contributed by atoms with Gasteiger partial charge in [-0.25, -0.2) is 4.68 Å². The monoisotopic (exact) mass is 469 g/mol. The van der Waals surface area contributed by atoms with Crippen LogP contribution in [-0.2, 0) is 11.3 Å². The number of fused-ring (bicyclic) bond motifs is 1. The van der Waals surface area contributed by atoms with E-state index in [9.17, 15) is 14.4 Å². The number of rotatable bonds is 10. The van der Waals surface area contributed by atoms with Gasteiger partial charge in [-0.15, -0.1) is 5.10 Å². The van der Waals surface area contributed by atoms with Crippen molar-refractivity contribution in [1.82, 2.24) is 25.8 Å². The van der Waals surface area contributed by atoms with Crippen LogP contribution >= 0.6 is 0 Å². The van der Waals surface area contributed by atoms with Crippen molar-refractivity contribution >= 4 is 22.7 Å². The second-order valence-corrected chi connectivity index (χ2v) is 6.99. The van der Waals surface area contributed by atoms with Crippen LogP contribution in [0.5, 0.6) is 17.2 Å². The summed E-state index contributed by atoms with van der Waals surface area (Å²) in [6.07, 6.45) is -0.0924. The fraction of sp³-hybridized carbons (Fsp3) is 0.348. The summed E-state index contributed by atoms with van der Waals surface area (Å²) in [5.41, 5.74) is 5.04. The summed E-state index contributed by atoms with van der Waals surface area (Å²) in [5, 5.41) is 8.24. The standard InChI is InChI=1S/C23H27N5O6/c1-4-32-18-13-15(14-19(33-5-2)21(18)34-6-3)22(30)26-25-20(29)11-12-28-23(31)16-9-7-8-10-17(16)24-27-28/h7-10,13-14H,4-6,11-12H2,1-3H3,(H,25,29)(H,26,30). The molecule has 0 atom stereocenters. The van der Waals surface area contributed by atoms with Crippen molar-refractivity contribution in [3.05, 3.63) is 52.3 Å². The summed E-state index contributed by atoms with van der Waals surface area (Å²) in [6, 6.07) is 9.85. The number of nitrogens with zero attached hydrogens (tertiary/aromatic N) is 3. The number of aromatic nitrogens is 3. The average molecular weight is 469 g/mol. The summed E-state index contributed by atoms with van der Waals surface area (Å²) in [4.78, 5) is 37.4. The number of carbonyl (C=O) groups excluding carboxylic acids is 2. The molecule has 180 valence electrons. The van der Waals surface area contributed by atoms with Crippen molar-refractivity contribution in [2.24, 2.45) is 0 Å². The zero-order valence-electron chi connectivity index (χ0n) is 19.3. The Morgan fingerprint density at radius 3 is 2.24 bits per heavy atom. The number of hydrogen-bond donors (Lipinski definition) is 2. The van der Waals surface area contributed by atoms with Crippen LogP contribution in [-0.4, -0.2) is 46.6 Å². The van der Waals surface area contributed by atoms with Gasteiger partial charge >= 0.3 is 0 Å². The molecule has 2 aromatic carbocycles. The van der Waals surface area contributed by atoms with Gasteiger partial charge in [-0.05, 0) is 45.0 Å². The van der Waals surface area contributed by atoms with Crippen LogP contribution in [0.2, 0.25) is 0 Å². The van der Waals surface area contributed by atoms with E-state index in [2.05, 4.69) is 21.2 Å². The van der Waals surface area contributed by atoms with E-state index < -0.39 is 11.8 Å². The van der Waals surface area contributed by atoms with Gasteiger partial charge in [-0.1, -0.05) is 17.3 Å². The minimum atomic E-state index is -0.569. The van der Waals surface area contributed by atoms with Gasteiger partial charge in [0.05, 0.1) is 31.8 Å². The Kier molecular flexibility index (Phi) is 8.38. The summed E-state index contributed by atoms with van der Waals surface area (Å²) in [6.45, 7) is 6.59. The highest BCUT2D eigenvalue weighted by Crippen LogP contribution is 2.39. The molecule has 0 aliphatic carbocycles. The minimum absolute atomic E-state index is 0.00437. The summed E-state index contributed by atoms with van der Waals surface area (Å²) in [7, 11) is 0. The molecule has 0 saturated heterocycles. The Morgan fingerprint density at radius 1 is 0.941 bits per heavy atom. The van der Waals surface area contributed by atoms with Gasteiger partial charge in [0, 0.05) is 12.0 Å². The Balaban J connectivity index is 1.65. The Labute approximate surface area is 196 Å². The lowest BCUT2D eigenvalue weighted by atomic mass is 10.1. The van der Waals surface area contributed by atoms with Crippen molar-refractivity contribution in [3.8, 4) is 17.2 Å². The van der Waals surface area contributed by atoms with E-state index >= 15 is 0 Å². The third-order valence-corrected chi connectivity index (χ3v) is 4.67. The maximum Gasteiger partial charge on any atom is 0.277 e. The van der Waals surface area contributed by atoms with Crippen LogP contribution < -0.4 is 30.6 Å². The van der Waals surface area contributed by atoms with Crippen LogP contribution in [0.3, 0.4) is 0 Å². The summed E-state index contributed by atoms with van der Waals surface area (Å²) in [5.74, 6) is 0.0629. The van der Waals surface area contributed by atoms with Crippen LogP contribution in [0.15, 0.2) is 41.2 Å². The van der Waals surface area contributed by atoms with Gasteiger partial charge in [0.25, 0.3) is 11.5 Å². The summed E-state index contributed by atoms with van der Waals surface area (Å²) < 4.78 is 17.9. The van der Waals surface area contributed by atoms with Gasteiger partial charge in [0.1, 0.15) is 5.52 Å². The number of ether oxygens (including phenoxy) is 3. The molecule has 0 fully saturated rings. The summed E-state index contributed by atoms with van der Waals surface area (Å²) >= 11 is 0. The molecule has 0 unspecified atom stereocenters. The van der Waals surface area contributed by atoms with Crippen molar-refractivity contribution in [2.75, 3.05) is 19.8 Å². The number of amides is 2. The van der Waals surface area contributed by atoms with Crippen LogP contribution in [0.25, 0.3) is 10.9 Å². The first-order valence-electron chi connectivity index (χ1n) is 11.0. The molecule has 0 spiro atoms. The lowest BCUT2D eigenvalue weighted by Gasteiger charge is -2.17.